The van der Waals surface area contributed by atoms with E-state index >= 15 is 0 Å². The Hall–Kier alpha value is -3.30. The van der Waals surface area contributed by atoms with E-state index in [-0.39, 0.29) is 24.0 Å². The number of carbonyl (C=O) groups is 1. The molecule has 10 heteroatoms. The number of aromatic amines is 1. The molecule has 0 bridgehead atoms. The van der Waals surface area contributed by atoms with Gasteiger partial charge in [-0.05, 0) is 31.7 Å². The number of allylic oxidation sites excluding steroid dienone is 1. The molecule has 2 rings (SSSR count). The van der Waals surface area contributed by atoms with Crippen LogP contribution in [0, 0.1) is 5.92 Å². The summed E-state index contributed by atoms with van der Waals surface area (Å²) in [7, 11) is 1.29. The molecule has 0 aromatic carbocycles. The standard InChI is InChI=1S/C18H23FN6O3/c1-10(2)13(8-15(26)28-5)21-16(11(3)19)22-17(20-4)12-6-7-14-23-24-18(27)25(14)9-12/h6-7,9-10,13,21H,4,8H2,1-3,5H3,(H,24,27)/b16-11+,22-17-/t13-/m1/s1. The predicted octanol–water partition coefficient (Wildman–Crippen LogP) is 1.81. The normalized spacial score (nSPS) is 14.0. The van der Waals surface area contributed by atoms with Crippen molar-refractivity contribution in [3.63, 3.8) is 0 Å². The number of aliphatic imine (C=N–C) groups is 2. The molecule has 0 amide bonds. The first-order valence-electron chi connectivity index (χ1n) is 8.59. The summed E-state index contributed by atoms with van der Waals surface area (Å²) in [4.78, 5) is 31.5. The lowest BCUT2D eigenvalue weighted by atomic mass is 10.0. The van der Waals surface area contributed by atoms with Gasteiger partial charge in [-0.3, -0.25) is 4.79 Å². The lowest BCUT2D eigenvalue weighted by molar-refractivity contribution is -0.141. The Bertz CT molecular complexity index is 985. The van der Waals surface area contributed by atoms with E-state index in [1.54, 1.807) is 12.1 Å². The van der Waals surface area contributed by atoms with E-state index < -0.39 is 23.5 Å². The van der Waals surface area contributed by atoms with Gasteiger partial charge in [0.15, 0.2) is 17.3 Å². The fourth-order valence-electron chi connectivity index (χ4n) is 2.44. The van der Waals surface area contributed by atoms with Crippen molar-refractivity contribution in [1.29, 1.82) is 0 Å². The van der Waals surface area contributed by atoms with E-state index in [9.17, 15) is 14.0 Å². The minimum absolute atomic E-state index is 0.00430. The molecular formula is C18H23FN6O3. The highest BCUT2D eigenvalue weighted by Gasteiger charge is 2.20. The van der Waals surface area contributed by atoms with Gasteiger partial charge in [0.25, 0.3) is 0 Å². The van der Waals surface area contributed by atoms with Crippen molar-refractivity contribution in [2.45, 2.75) is 33.2 Å². The first kappa shape index (κ1) is 21.0. The second-order valence-corrected chi connectivity index (χ2v) is 6.43. The van der Waals surface area contributed by atoms with Crippen LogP contribution in [0.1, 0.15) is 32.8 Å². The molecule has 2 aromatic rings. The van der Waals surface area contributed by atoms with E-state index in [4.69, 9.17) is 4.74 Å². The molecule has 0 fully saturated rings. The zero-order chi connectivity index (χ0) is 20.8. The van der Waals surface area contributed by atoms with Crippen molar-refractivity contribution in [3.05, 3.63) is 46.0 Å². The van der Waals surface area contributed by atoms with Gasteiger partial charge < -0.3 is 10.1 Å². The number of methoxy groups -OCH3 is 1. The highest BCUT2D eigenvalue weighted by molar-refractivity contribution is 6.01. The number of halogens is 1. The molecule has 9 nitrogen and oxygen atoms in total. The van der Waals surface area contributed by atoms with Crippen LogP contribution in [0.5, 0.6) is 0 Å². The fraction of sp³-hybridized carbons (Fsp3) is 0.389. The van der Waals surface area contributed by atoms with Crippen LogP contribution in [0.3, 0.4) is 0 Å². The maximum atomic E-state index is 14.2. The van der Waals surface area contributed by atoms with Crippen LogP contribution in [0.2, 0.25) is 0 Å². The number of pyridine rings is 1. The van der Waals surface area contributed by atoms with Crippen molar-refractivity contribution in [2.75, 3.05) is 7.11 Å². The molecule has 2 N–H and O–H groups in total. The van der Waals surface area contributed by atoms with E-state index in [1.807, 2.05) is 13.8 Å². The average molecular weight is 390 g/mol. The molecule has 150 valence electrons. The number of hydrogen-bond donors (Lipinski definition) is 2. The van der Waals surface area contributed by atoms with Gasteiger partial charge in [0.05, 0.1) is 13.5 Å². The number of carbonyl (C=O) groups excluding carboxylic acids is 1. The zero-order valence-corrected chi connectivity index (χ0v) is 16.2. The van der Waals surface area contributed by atoms with Crippen molar-refractivity contribution >= 4 is 24.2 Å². The smallest absolute Gasteiger partial charge is 0.347 e. The number of nitrogens with zero attached hydrogens (tertiary/aromatic N) is 4. The summed E-state index contributed by atoms with van der Waals surface area (Å²) in [5.74, 6) is -0.972. The molecule has 0 spiro atoms. The Kier molecular flexibility index (Phi) is 6.80. The summed E-state index contributed by atoms with van der Waals surface area (Å²) in [6.45, 7) is 8.50. The van der Waals surface area contributed by atoms with E-state index in [2.05, 4.69) is 32.2 Å². The van der Waals surface area contributed by atoms with Crippen LogP contribution in [0.4, 0.5) is 4.39 Å². The van der Waals surface area contributed by atoms with Gasteiger partial charge in [0, 0.05) is 17.8 Å². The molecule has 0 aliphatic heterocycles. The minimum atomic E-state index is -0.585. The topological polar surface area (TPSA) is 113 Å². The number of fused-ring (bicyclic) bond motifs is 1. The number of aromatic nitrogens is 3. The molecule has 1 atom stereocenters. The van der Waals surface area contributed by atoms with Crippen LogP contribution in [-0.4, -0.2) is 46.3 Å². The van der Waals surface area contributed by atoms with Crippen molar-refractivity contribution < 1.29 is 13.9 Å². The fourth-order valence-corrected chi connectivity index (χ4v) is 2.44. The van der Waals surface area contributed by atoms with Gasteiger partial charge >= 0.3 is 11.7 Å². The monoisotopic (exact) mass is 390 g/mol. The van der Waals surface area contributed by atoms with Crippen molar-refractivity contribution in [2.24, 2.45) is 15.9 Å². The molecular weight excluding hydrogens is 367 g/mol. The number of hydrogen-bond acceptors (Lipinski definition) is 6. The lowest BCUT2D eigenvalue weighted by Gasteiger charge is -2.22. The first-order valence-corrected chi connectivity index (χ1v) is 8.59. The number of H-pyrrole nitrogens is 1. The van der Waals surface area contributed by atoms with Crippen molar-refractivity contribution in [1.82, 2.24) is 19.9 Å². The van der Waals surface area contributed by atoms with Crippen molar-refractivity contribution in [3.8, 4) is 0 Å². The average Bonchev–Trinajstić information content (AvgIpc) is 3.03. The number of nitrogens with one attached hydrogen (secondary N) is 2. The van der Waals surface area contributed by atoms with Gasteiger partial charge in [-0.1, -0.05) is 13.8 Å². The Labute approximate surface area is 161 Å². The van der Waals surface area contributed by atoms with Gasteiger partial charge in [-0.2, -0.15) is 5.10 Å². The van der Waals surface area contributed by atoms with Crippen LogP contribution in [-0.2, 0) is 9.53 Å². The van der Waals surface area contributed by atoms with Gasteiger partial charge in [0.1, 0.15) is 5.83 Å². The van der Waals surface area contributed by atoms with E-state index in [0.717, 1.165) is 0 Å². The Morgan fingerprint density at radius 3 is 2.75 bits per heavy atom. The molecule has 0 radical (unpaired) electrons. The molecule has 28 heavy (non-hydrogen) atoms. The molecule has 0 unspecified atom stereocenters. The zero-order valence-electron chi connectivity index (χ0n) is 16.2. The summed E-state index contributed by atoms with van der Waals surface area (Å²) < 4.78 is 20.1. The summed E-state index contributed by atoms with van der Waals surface area (Å²) in [5, 5.41) is 9.11. The van der Waals surface area contributed by atoms with Crippen LogP contribution >= 0.6 is 0 Å². The second-order valence-electron chi connectivity index (χ2n) is 6.43. The predicted molar refractivity (Wildman–Crippen MR) is 104 cm³/mol. The molecule has 0 aliphatic carbocycles. The third-order valence-corrected chi connectivity index (χ3v) is 4.10. The second kappa shape index (κ2) is 9.07. The van der Waals surface area contributed by atoms with Crippen LogP contribution in [0.25, 0.3) is 5.65 Å². The number of esters is 1. The summed E-state index contributed by atoms with van der Waals surface area (Å²) >= 11 is 0. The maximum absolute atomic E-state index is 14.2. The van der Waals surface area contributed by atoms with E-state index in [0.29, 0.717) is 11.2 Å². The number of rotatable bonds is 7. The summed E-state index contributed by atoms with van der Waals surface area (Å²) in [6.07, 6.45) is 1.53. The SMILES string of the molecule is C=N/C(=N\C(N[C@H](CC(=O)OC)C(C)C)=C(/C)F)c1ccc2n[nH]c(=O)n2c1. The largest absolute Gasteiger partial charge is 0.469 e. The third-order valence-electron chi connectivity index (χ3n) is 4.10. The molecule has 2 heterocycles. The Balaban J connectivity index is 2.40. The maximum Gasteiger partial charge on any atom is 0.347 e. The summed E-state index contributed by atoms with van der Waals surface area (Å²) in [5.41, 5.74) is 0.445. The molecule has 0 aliphatic rings. The Morgan fingerprint density at radius 2 is 2.18 bits per heavy atom. The van der Waals surface area contributed by atoms with Gasteiger partial charge in [-0.15, -0.1) is 0 Å². The minimum Gasteiger partial charge on any atom is -0.469 e. The summed E-state index contributed by atoms with van der Waals surface area (Å²) in [6, 6.07) is 2.84. The first-order chi connectivity index (χ1) is 13.3. The van der Waals surface area contributed by atoms with Crippen LogP contribution in [0.15, 0.2) is 44.8 Å². The van der Waals surface area contributed by atoms with E-state index in [1.165, 1.54) is 24.6 Å². The highest BCUT2D eigenvalue weighted by Crippen LogP contribution is 2.15. The number of amidine groups is 1. The number of ether oxygens (including phenoxy) is 1. The molecule has 2 aromatic heterocycles. The van der Waals surface area contributed by atoms with Gasteiger partial charge in [-0.25, -0.2) is 28.7 Å². The highest BCUT2D eigenvalue weighted by atomic mass is 19.1. The quantitative estimate of drug-likeness (QED) is 0.425. The van der Waals surface area contributed by atoms with Crippen LogP contribution < -0.4 is 11.0 Å². The Morgan fingerprint density at radius 1 is 1.46 bits per heavy atom. The third kappa shape index (κ3) is 4.90. The van der Waals surface area contributed by atoms with Gasteiger partial charge in [0.2, 0.25) is 0 Å². The molecule has 0 saturated heterocycles. The molecule has 0 saturated carbocycles. The lowest BCUT2D eigenvalue weighted by Crippen LogP contribution is -2.36.